The average molecular weight is 289 g/mol. The van der Waals surface area contributed by atoms with Gasteiger partial charge in [-0.1, -0.05) is 32.8 Å². The van der Waals surface area contributed by atoms with Crippen LogP contribution < -0.4 is 16.4 Å². The van der Waals surface area contributed by atoms with Crippen molar-refractivity contribution in [3.63, 3.8) is 0 Å². The van der Waals surface area contributed by atoms with Gasteiger partial charge in [0.25, 0.3) is 0 Å². The predicted octanol–water partition coefficient (Wildman–Crippen LogP) is 4.19. The molecule has 0 aliphatic heterocycles. The molecular weight excluding hydrogens is 262 g/mol. The van der Waals surface area contributed by atoms with Gasteiger partial charge < -0.3 is 16.4 Å². The zero-order chi connectivity index (χ0) is 15.2. The fraction of sp³-hybridized carbons (Fsp3) is 0.588. The van der Waals surface area contributed by atoms with E-state index in [2.05, 4.69) is 24.5 Å². The van der Waals surface area contributed by atoms with Crippen molar-refractivity contribution in [1.82, 2.24) is 0 Å². The Kier molecular flexibility index (Phi) is 5.48. The number of hydrogen-bond donors (Lipinski definition) is 3. The fourth-order valence-electron chi connectivity index (χ4n) is 3.21. The number of carbonyl (C=O) groups excluding carboxylic acids is 1. The molecule has 116 valence electrons. The molecule has 1 fully saturated rings. The minimum absolute atomic E-state index is 0.526. The molecule has 0 aromatic heterocycles. The SMILES string of the molecule is CC(C)C1CCCC(Nc2cccc(NC(N)=O)c2)CC1. The first-order valence-electron chi connectivity index (χ1n) is 7.97. The molecule has 2 unspecified atom stereocenters. The molecule has 2 rings (SSSR count). The summed E-state index contributed by atoms with van der Waals surface area (Å²) < 4.78 is 0. The van der Waals surface area contributed by atoms with Gasteiger partial charge in [-0.3, -0.25) is 0 Å². The number of urea groups is 1. The number of hydrogen-bond acceptors (Lipinski definition) is 2. The van der Waals surface area contributed by atoms with Crippen LogP contribution in [0.25, 0.3) is 0 Å². The van der Waals surface area contributed by atoms with Crippen LogP contribution >= 0.6 is 0 Å². The zero-order valence-electron chi connectivity index (χ0n) is 13.1. The number of nitrogens with one attached hydrogen (secondary N) is 2. The van der Waals surface area contributed by atoms with E-state index < -0.39 is 6.03 Å². The Bertz CT molecular complexity index is 473. The third-order valence-corrected chi connectivity index (χ3v) is 4.46. The molecule has 1 aliphatic rings. The van der Waals surface area contributed by atoms with Crippen molar-refractivity contribution in [2.45, 2.75) is 52.0 Å². The first-order chi connectivity index (χ1) is 10.0. The molecule has 21 heavy (non-hydrogen) atoms. The molecule has 4 heteroatoms. The second-order valence-electron chi connectivity index (χ2n) is 6.42. The van der Waals surface area contributed by atoms with Gasteiger partial charge in [0.15, 0.2) is 0 Å². The van der Waals surface area contributed by atoms with E-state index in [1.807, 2.05) is 24.3 Å². The Morgan fingerprint density at radius 1 is 1.19 bits per heavy atom. The van der Waals surface area contributed by atoms with Crippen molar-refractivity contribution < 1.29 is 4.79 Å². The summed E-state index contributed by atoms with van der Waals surface area (Å²) in [5.41, 5.74) is 6.94. The van der Waals surface area contributed by atoms with E-state index in [1.165, 1.54) is 32.1 Å². The summed E-state index contributed by atoms with van der Waals surface area (Å²) in [5, 5.41) is 6.22. The summed E-state index contributed by atoms with van der Waals surface area (Å²) in [6.07, 6.45) is 6.38. The van der Waals surface area contributed by atoms with Crippen molar-refractivity contribution in [3.05, 3.63) is 24.3 Å². The second-order valence-corrected chi connectivity index (χ2v) is 6.42. The van der Waals surface area contributed by atoms with Crippen LogP contribution in [-0.2, 0) is 0 Å². The molecule has 4 nitrogen and oxygen atoms in total. The molecule has 2 amide bonds. The van der Waals surface area contributed by atoms with Crippen LogP contribution in [0, 0.1) is 11.8 Å². The molecule has 0 saturated heterocycles. The molecule has 0 radical (unpaired) electrons. The number of primary amides is 1. The van der Waals surface area contributed by atoms with Crippen LogP contribution in [0.5, 0.6) is 0 Å². The molecule has 1 aliphatic carbocycles. The normalized spacial score (nSPS) is 22.6. The highest BCUT2D eigenvalue weighted by atomic mass is 16.2. The van der Waals surface area contributed by atoms with E-state index in [4.69, 9.17) is 5.73 Å². The smallest absolute Gasteiger partial charge is 0.316 e. The number of anilines is 2. The summed E-state index contributed by atoms with van der Waals surface area (Å²) in [6.45, 7) is 4.66. The fourth-order valence-corrected chi connectivity index (χ4v) is 3.21. The highest BCUT2D eigenvalue weighted by Crippen LogP contribution is 2.30. The van der Waals surface area contributed by atoms with Crippen LogP contribution in [0.4, 0.5) is 16.2 Å². The maximum Gasteiger partial charge on any atom is 0.316 e. The van der Waals surface area contributed by atoms with Gasteiger partial charge in [-0.2, -0.15) is 0 Å². The number of amides is 2. The Balaban J connectivity index is 1.93. The second kappa shape index (κ2) is 7.34. The summed E-state index contributed by atoms with van der Waals surface area (Å²) in [5.74, 6) is 1.64. The Morgan fingerprint density at radius 2 is 1.95 bits per heavy atom. The summed E-state index contributed by atoms with van der Waals surface area (Å²) in [4.78, 5) is 10.9. The molecular formula is C17H27N3O. The average Bonchev–Trinajstić information content (AvgIpc) is 2.64. The van der Waals surface area contributed by atoms with Crippen LogP contribution in [-0.4, -0.2) is 12.1 Å². The van der Waals surface area contributed by atoms with Gasteiger partial charge in [0, 0.05) is 17.4 Å². The van der Waals surface area contributed by atoms with E-state index in [1.54, 1.807) is 0 Å². The lowest BCUT2D eigenvalue weighted by Crippen LogP contribution is -2.20. The van der Waals surface area contributed by atoms with Gasteiger partial charge in [0.05, 0.1) is 0 Å². The highest BCUT2D eigenvalue weighted by molar-refractivity contribution is 5.88. The van der Waals surface area contributed by atoms with E-state index in [-0.39, 0.29) is 0 Å². The lowest BCUT2D eigenvalue weighted by Gasteiger charge is -2.20. The Labute approximate surface area is 127 Å². The molecule has 0 spiro atoms. The third-order valence-electron chi connectivity index (χ3n) is 4.46. The van der Waals surface area contributed by atoms with Gasteiger partial charge in [-0.05, 0) is 49.3 Å². The van der Waals surface area contributed by atoms with Crippen LogP contribution in [0.3, 0.4) is 0 Å². The molecule has 0 bridgehead atoms. The van der Waals surface area contributed by atoms with Gasteiger partial charge >= 0.3 is 6.03 Å². The monoisotopic (exact) mass is 289 g/mol. The molecule has 1 saturated carbocycles. The predicted molar refractivity (Wildman–Crippen MR) is 88.5 cm³/mol. The number of nitrogens with two attached hydrogens (primary N) is 1. The number of rotatable bonds is 4. The van der Waals surface area contributed by atoms with Crippen LogP contribution in [0.2, 0.25) is 0 Å². The standard InChI is InChI=1S/C17H27N3O/c1-12(2)13-5-3-6-14(10-9-13)19-15-7-4-8-16(11-15)20-17(18)21/h4,7-8,11-14,19H,3,5-6,9-10H2,1-2H3,(H3,18,20,21). The molecule has 0 heterocycles. The first-order valence-corrected chi connectivity index (χ1v) is 7.97. The first kappa shape index (κ1) is 15.7. The topological polar surface area (TPSA) is 67.2 Å². The largest absolute Gasteiger partial charge is 0.382 e. The number of carbonyl (C=O) groups is 1. The van der Waals surface area contributed by atoms with Crippen molar-refractivity contribution in [2.75, 3.05) is 10.6 Å². The maximum atomic E-state index is 10.9. The zero-order valence-corrected chi connectivity index (χ0v) is 13.1. The van der Waals surface area contributed by atoms with Gasteiger partial charge in [-0.15, -0.1) is 0 Å². The molecule has 2 atom stereocenters. The maximum absolute atomic E-state index is 10.9. The lowest BCUT2D eigenvalue weighted by atomic mass is 9.89. The quantitative estimate of drug-likeness (QED) is 0.727. The van der Waals surface area contributed by atoms with Crippen molar-refractivity contribution in [3.8, 4) is 0 Å². The molecule has 1 aromatic rings. The van der Waals surface area contributed by atoms with Crippen molar-refractivity contribution in [2.24, 2.45) is 17.6 Å². The Morgan fingerprint density at radius 3 is 2.67 bits per heavy atom. The minimum atomic E-state index is -0.526. The van der Waals surface area contributed by atoms with Crippen molar-refractivity contribution >= 4 is 17.4 Å². The molecule has 4 N–H and O–H groups in total. The minimum Gasteiger partial charge on any atom is -0.382 e. The van der Waals surface area contributed by atoms with E-state index >= 15 is 0 Å². The van der Waals surface area contributed by atoms with Crippen LogP contribution in [0.15, 0.2) is 24.3 Å². The van der Waals surface area contributed by atoms with Crippen molar-refractivity contribution in [1.29, 1.82) is 0 Å². The van der Waals surface area contributed by atoms with E-state index in [9.17, 15) is 4.79 Å². The number of benzene rings is 1. The highest BCUT2D eigenvalue weighted by Gasteiger charge is 2.20. The van der Waals surface area contributed by atoms with Crippen LogP contribution in [0.1, 0.15) is 46.0 Å². The van der Waals surface area contributed by atoms with E-state index in [0.717, 1.165) is 23.2 Å². The van der Waals surface area contributed by atoms with Gasteiger partial charge in [-0.25, -0.2) is 4.79 Å². The molecule has 1 aromatic carbocycles. The lowest BCUT2D eigenvalue weighted by molar-refractivity contribution is 0.259. The third kappa shape index (κ3) is 4.96. The summed E-state index contributed by atoms with van der Waals surface area (Å²) >= 11 is 0. The van der Waals surface area contributed by atoms with Gasteiger partial charge in [0.2, 0.25) is 0 Å². The van der Waals surface area contributed by atoms with Gasteiger partial charge in [0.1, 0.15) is 0 Å². The van der Waals surface area contributed by atoms with E-state index in [0.29, 0.717) is 6.04 Å². The summed E-state index contributed by atoms with van der Waals surface area (Å²) in [6, 6.07) is 7.75. The Hall–Kier alpha value is -1.71. The summed E-state index contributed by atoms with van der Waals surface area (Å²) in [7, 11) is 0.